The van der Waals surface area contributed by atoms with Crippen molar-refractivity contribution in [2.45, 2.75) is 0 Å². The number of rotatable bonds is 6. The molecule has 8 aromatic carbocycles. The first kappa shape index (κ1) is 29.5. The summed E-state index contributed by atoms with van der Waals surface area (Å²) in [7, 11) is 0. The van der Waals surface area contributed by atoms with Crippen molar-refractivity contribution in [2.24, 2.45) is 0 Å². The van der Waals surface area contributed by atoms with Crippen LogP contribution in [0.4, 0.5) is 17.1 Å². The molecule has 3 heteroatoms. The minimum Gasteiger partial charge on any atom is -0.310 e. The molecule has 0 spiro atoms. The molecule has 0 amide bonds. The third-order valence-corrected chi connectivity index (χ3v) is 11.1. The van der Waals surface area contributed by atoms with E-state index in [1.165, 1.54) is 64.2 Å². The highest BCUT2D eigenvalue weighted by Gasteiger charge is 2.21. The van der Waals surface area contributed by atoms with Crippen LogP contribution in [-0.2, 0) is 0 Å². The molecule has 0 aliphatic rings. The van der Waals surface area contributed by atoms with Crippen LogP contribution in [0.5, 0.6) is 0 Å². The van der Waals surface area contributed by atoms with Gasteiger partial charge in [0, 0.05) is 59.1 Å². The van der Waals surface area contributed by atoms with Gasteiger partial charge in [0.05, 0.1) is 16.7 Å². The van der Waals surface area contributed by atoms with Crippen LogP contribution in [0.2, 0.25) is 0 Å². The van der Waals surface area contributed by atoms with Crippen LogP contribution in [0.15, 0.2) is 194 Å². The Bertz CT molecular complexity index is 2860. The Morgan fingerprint density at radius 3 is 1.90 bits per heavy atom. The largest absolute Gasteiger partial charge is 0.310 e. The van der Waals surface area contributed by atoms with Gasteiger partial charge in [-0.1, -0.05) is 140 Å². The molecule has 240 valence electrons. The number of aromatic nitrogens is 1. The van der Waals surface area contributed by atoms with Gasteiger partial charge in [0.15, 0.2) is 0 Å². The van der Waals surface area contributed by atoms with E-state index in [0.29, 0.717) is 0 Å². The van der Waals surface area contributed by atoms with E-state index in [4.69, 9.17) is 0 Å². The lowest BCUT2D eigenvalue weighted by molar-refractivity contribution is 1.18. The van der Waals surface area contributed by atoms with Gasteiger partial charge in [-0.15, -0.1) is 11.3 Å². The molecular weight excluding hydrogens is 637 g/mol. The number of hydrogen-bond acceptors (Lipinski definition) is 2. The summed E-state index contributed by atoms with van der Waals surface area (Å²) >= 11 is 1.86. The van der Waals surface area contributed by atoms with Gasteiger partial charge in [0.25, 0.3) is 0 Å². The standard InChI is InChI=1S/C48H32N2S/c1-3-15-33(16-4-1)38-21-7-10-26-44(38)49(37-29-30-42-41-23-9-12-28-46(41)51-47(42)32-37)36-20-13-17-34(31-36)39-24-14-25-43-40-22-8-11-27-45(40)50(48(39)43)35-18-5-2-6-19-35/h1-32H. The summed E-state index contributed by atoms with van der Waals surface area (Å²) in [5, 5.41) is 5.11. The molecule has 51 heavy (non-hydrogen) atoms. The zero-order valence-electron chi connectivity index (χ0n) is 27.8. The van der Waals surface area contributed by atoms with Gasteiger partial charge in [0.2, 0.25) is 0 Å². The first-order chi connectivity index (χ1) is 25.3. The normalized spacial score (nSPS) is 11.5. The Labute approximate surface area is 300 Å². The van der Waals surface area contributed by atoms with Gasteiger partial charge in [-0.2, -0.15) is 0 Å². The third kappa shape index (κ3) is 4.93. The minimum atomic E-state index is 1.11. The average molecular weight is 669 g/mol. The van der Waals surface area contributed by atoms with Gasteiger partial charge in [-0.25, -0.2) is 0 Å². The predicted molar refractivity (Wildman–Crippen MR) is 219 cm³/mol. The van der Waals surface area contributed by atoms with Crippen molar-refractivity contribution in [3.05, 3.63) is 194 Å². The summed E-state index contributed by atoms with van der Waals surface area (Å²) in [5.41, 5.74) is 11.7. The van der Waals surface area contributed by atoms with E-state index in [2.05, 4.69) is 204 Å². The number of benzene rings is 8. The fraction of sp³-hybridized carbons (Fsp3) is 0. The van der Waals surface area contributed by atoms with E-state index >= 15 is 0 Å². The van der Waals surface area contributed by atoms with E-state index in [-0.39, 0.29) is 0 Å². The van der Waals surface area contributed by atoms with Gasteiger partial charge in [0.1, 0.15) is 0 Å². The number of hydrogen-bond donors (Lipinski definition) is 0. The molecule has 0 aliphatic heterocycles. The second kappa shape index (κ2) is 12.2. The van der Waals surface area contributed by atoms with Crippen LogP contribution < -0.4 is 4.90 Å². The lowest BCUT2D eigenvalue weighted by atomic mass is 9.99. The number of nitrogens with zero attached hydrogens (tertiary/aromatic N) is 2. The van der Waals surface area contributed by atoms with Crippen molar-refractivity contribution in [3.8, 4) is 27.9 Å². The molecule has 0 atom stereocenters. The Morgan fingerprint density at radius 2 is 1.02 bits per heavy atom. The second-order valence-corrected chi connectivity index (χ2v) is 14.0. The van der Waals surface area contributed by atoms with Gasteiger partial charge < -0.3 is 9.47 Å². The quantitative estimate of drug-likeness (QED) is 0.171. The maximum absolute atomic E-state index is 2.43. The fourth-order valence-electron chi connectivity index (χ4n) is 7.72. The molecule has 0 radical (unpaired) electrons. The van der Waals surface area contributed by atoms with Gasteiger partial charge in [-0.05, 0) is 65.7 Å². The summed E-state index contributed by atoms with van der Waals surface area (Å²) < 4.78 is 5.01. The molecular formula is C48H32N2S. The topological polar surface area (TPSA) is 8.17 Å². The Hall–Kier alpha value is -6.42. The third-order valence-electron chi connectivity index (χ3n) is 9.97. The lowest BCUT2D eigenvalue weighted by Gasteiger charge is -2.28. The van der Waals surface area contributed by atoms with Crippen molar-refractivity contribution in [1.29, 1.82) is 0 Å². The highest BCUT2D eigenvalue weighted by Crippen LogP contribution is 2.45. The van der Waals surface area contributed by atoms with E-state index < -0.39 is 0 Å². The summed E-state index contributed by atoms with van der Waals surface area (Å²) in [4.78, 5) is 2.43. The Morgan fingerprint density at radius 1 is 0.392 bits per heavy atom. The predicted octanol–water partition coefficient (Wildman–Crippen LogP) is 14.0. The molecule has 10 rings (SSSR count). The van der Waals surface area contributed by atoms with Crippen molar-refractivity contribution < 1.29 is 0 Å². The monoisotopic (exact) mass is 668 g/mol. The first-order valence-electron chi connectivity index (χ1n) is 17.4. The molecule has 10 aromatic rings. The highest BCUT2D eigenvalue weighted by atomic mass is 32.1. The maximum atomic E-state index is 2.43. The first-order valence-corrected chi connectivity index (χ1v) is 18.2. The lowest BCUT2D eigenvalue weighted by Crippen LogP contribution is -2.11. The molecule has 0 N–H and O–H groups in total. The zero-order valence-corrected chi connectivity index (χ0v) is 28.6. The molecule has 2 heterocycles. The van der Waals surface area contributed by atoms with Gasteiger partial charge >= 0.3 is 0 Å². The van der Waals surface area contributed by atoms with Crippen LogP contribution in [0.1, 0.15) is 0 Å². The Balaban J connectivity index is 1.22. The number of anilines is 3. The molecule has 0 saturated heterocycles. The van der Waals surface area contributed by atoms with E-state index in [9.17, 15) is 0 Å². The van der Waals surface area contributed by atoms with Crippen molar-refractivity contribution >= 4 is 70.4 Å². The van der Waals surface area contributed by atoms with Crippen LogP contribution in [0.25, 0.3) is 69.9 Å². The van der Waals surface area contributed by atoms with Crippen molar-refractivity contribution in [1.82, 2.24) is 4.57 Å². The summed E-state index contributed by atoms with van der Waals surface area (Å²) in [5.74, 6) is 0. The SMILES string of the molecule is c1ccc(-c2ccccc2N(c2cccc(-c3cccc4c5ccccc5n(-c5ccccc5)c34)c2)c2ccc3c(c2)sc2ccccc23)cc1. The van der Waals surface area contributed by atoms with Crippen LogP contribution >= 0.6 is 11.3 Å². The molecule has 0 fully saturated rings. The smallest absolute Gasteiger partial charge is 0.0619 e. The molecule has 0 bridgehead atoms. The van der Waals surface area contributed by atoms with Crippen molar-refractivity contribution in [3.63, 3.8) is 0 Å². The van der Waals surface area contributed by atoms with Gasteiger partial charge in [-0.3, -0.25) is 0 Å². The fourth-order valence-corrected chi connectivity index (χ4v) is 8.86. The van der Waals surface area contributed by atoms with Crippen LogP contribution in [0.3, 0.4) is 0 Å². The minimum absolute atomic E-state index is 1.11. The van der Waals surface area contributed by atoms with Crippen LogP contribution in [0, 0.1) is 0 Å². The molecule has 2 aromatic heterocycles. The second-order valence-electron chi connectivity index (χ2n) is 12.9. The summed E-state index contributed by atoms with van der Waals surface area (Å²) in [6.07, 6.45) is 0. The number of thiophene rings is 1. The van der Waals surface area contributed by atoms with E-state index in [1.807, 2.05) is 11.3 Å². The number of fused-ring (bicyclic) bond motifs is 6. The zero-order chi connectivity index (χ0) is 33.7. The summed E-state index contributed by atoms with van der Waals surface area (Å²) in [6.45, 7) is 0. The Kier molecular flexibility index (Phi) is 7.04. The van der Waals surface area contributed by atoms with Crippen molar-refractivity contribution in [2.75, 3.05) is 4.90 Å². The maximum Gasteiger partial charge on any atom is 0.0619 e. The molecule has 0 aliphatic carbocycles. The van der Waals surface area contributed by atoms with E-state index in [1.54, 1.807) is 0 Å². The molecule has 0 saturated carbocycles. The highest BCUT2D eigenvalue weighted by molar-refractivity contribution is 7.25. The van der Waals surface area contributed by atoms with Crippen LogP contribution in [-0.4, -0.2) is 4.57 Å². The average Bonchev–Trinajstić information content (AvgIpc) is 3.75. The molecule has 2 nitrogen and oxygen atoms in total. The summed E-state index contributed by atoms with van der Waals surface area (Å²) in [6, 6.07) is 70.4. The molecule has 0 unspecified atom stereocenters. The van der Waals surface area contributed by atoms with E-state index in [0.717, 1.165) is 22.7 Å². The number of para-hydroxylation sites is 4.